The lowest BCUT2D eigenvalue weighted by atomic mass is 9.89. The Morgan fingerprint density at radius 3 is 2.40 bits per heavy atom. The van der Waals surface area contributed by atoms with Crippen LogP contribution < -0.4 is 0 Å². The van der Waals surface area contributed by atoms with E-state index in [-0.39, 0.29) is 5.92 Å². The summed E-state index contributed by atoms with van der Waals surface area (Å²) in [6.07, 6.45) is 1.76. The van der Waals surface area contributed by atoms with Gasteiger partial charge in [0.15, 0.2) is 0 Å². The number of hydrogen-bond acceptors (Lipinski definition) is 1. The largest absolute Gasteiger partial charge is 0.192 e. The molecule has 0 amide bonds. The molecule has 0 aromatic heterocycles. The summed E-state index contributed by atoms with van der Waals surface area (Å²) in [5, 5.41) is 9.18. The van der Waals surface area contributed by atoms with Crippen LogP contribution in [-0.4, -0.2) is 0 Å². The van der Waals surface area contributed by atoms with E-state index in [0.29, 0.717) is 5.92 Å². The zero-order chi connectivity index (χ0) is 11.4. The first-order chi connectivity index (χ1) is 7.11. The van der Waals surface area contributed by atoms with Crippen LogP contribution in [0.5, 0.6) is 0 Å². The molecule has 1 aromatic carbocycles. The molecule has 0 aliphatic carbocycles. The second-order valence-corrected chi connectivity index (χ2v) is 3.92. The minimum absolute atomic E-state index is 0.0154. The van der Waals surface area contributed by atoms with E-state index in [1.54, 1.807) is 6.08 Å². The summed E-state index contributed by atoms with van der Waals surface area (Å²) in [7, 11) is 0. The second-order valence-electron chi connectivity index (χ2n) is 3.92. The topological polar surface area (TPSA) is 23.8 Å². The number of nitrogens with zero attached hydrogens (tertiary/aromatic N) is 1. The van der Waals surface area contributed by atoms with Crippen LogP contribution >= 0.6 is 0 Å². The third-order valence-electron chi connectivity index (χ3n) is 2.55. The van der Waals surface area contributed by atoms with Crippen LogP contribution in [0.1, 0.15) is 42.4 Å². The van der Waals surface area contributed by atoms with Crippen LogP contribution in [-0.2, 0) is 0 Å². The number of rotatable bonds is 3. The van der Waals surface area contributed by atoms with Crippen LogP contribution in [0.2, 0.25) is 0 Å². The third-order valence-corrected chi connectivity index (χ3v) is 2.55. The first kappa shape index (κ1) is 11.5. The smallest absolute Gasteiger partial charge is 0.0997 e. The monoisotopic (exact) mass is 198 g/mol. The minimum atomic E-state index is -0.0154. The molecular formula is C14H16N. The van der Waals surface area contributed by atoms with E-state index in [0.717, 1.165) is 16.7 Å². The highest BCUT2D eigenvalue weighted by molar-refractivity contribution is 5.48. The number of nitriles is 1. The van der Waals surface area contributed by atoms with Crippen LogP contribution in [0, 0.1) is 18.3 Å². The number of allylic oxidation sites excluding steroid dienone is 1. The molecule has 0 spiro atoms. The van der Waals surface area contributed by atoms with Gasteiger partial charge < -0.3 is 0 Å². The van der Waals surface area contributed by atoms with E-state index < -0.39 is 0 Å². The average molecular weight is 198 g/mol. The predicted molar refractivity (Wildman–Crippen MR) is 63.5 cm³/mol. The first-order valence-electron chi connectivity index (χ1n) is 5.10. The molecule has 0 aliphatic heterocycles. The number of benzene rings is 1. The maximum atomic E-state index is 9.18. The van der Waals surface area contributed by atoms with E-state index in [9.17, 15) is 5.26 Å². The summed E-state index contributed by atoms with van der Waals surface area (Å²) in [6.45, 7) is 11.9. The maximum Gasteiger partial charge on any atom is 0.0997 e. The van der Waals surface area contributed by atoms with Crippen molar-refractivity contribution in [1.29, 1.82) is 5.26 Å². The van der Waals surface area contributed by atoms with Gasteiger partial charge in [0, 0.05) is 5.92 Å². The minimum Gasteiger partial charge on any atom is -0.192 e. The molecule has 0 N–H and O–H groups in total. The summed E-state index contributed by atoms with van der Waals surface area (Å²) >= 11 is 0. The molecule has 1 radical (unpaired) electrons. The average Bonchev–Trinajstić information content (AvgIpc) is 2.26. The zero-order valence-corrected chi connectivity index (χ0v) is 9.33. The van der Waals surface area contributed by atoms with Crippen LogP contribution in [0.15, 0.2) is 30.9 Å². The maximum absolute atomic E-state index is 9.18. The van der Waals surface area contributed by atoms with Crippen molar-refractivity contribution in [3.63, 3.8) is 0 Å². The van der Waals surface area contributed by atoms with Gasteiger partial charge in [-0.15, -0.1) is 6.58 Å². The van der Waals surface area contributed by atoms with Crippen molar-refractivity contribution in [2.75, 3.05) is 0 Å². The molecule has 77 valence electrons. The van der Waals surface area contributed by atoms with Gasteiger partial charge in [0.25, 0.3) is 0 Å². The van der Waals surface area contributed by atoms with Gasteiger partial charge in [-0.05, 0) is 24.0 Å². The van der Waals surface area contributed by atoms with Gasteiger partial charge in [0.2, 0.25) is 0 Å². The van der Waals surface area contributed by atoms with Crippen LogP contribution in [0.4, 0.5) is 0 Å². The van der Waals surface area contributed by atoms with Crippen molar-refractivity contribution in [1.82, 2.24) is 0 Å². The molecule has 0 heterocycles. The van der Waals surface area contributed by atoms with Crippen molar-refractivity contribution in [2.24, 2.45) is 0 Å². The van der Waals surface area contributed by atoms with Crippen molar-refractivity contribution in [2.45, 2.75) is 25.7 Å². The van der Waals surface area contributed by atoms with E-state index in [4.69, 9.17) is 0 Å². The fourth-order valence-corrected chi connectivity index (χ4v) is 1.63. The Morgan fingerprint density at radius 2 is 1.93 bits per heavy atom. The fourth-order valence-electron chi connectivity index (χ4n) is 1.63. The van der Waals surface area contributed by atoms with E-state index in [1.165, 1.54) is 0 Å². The summed E-state index contributed by atoms with van der Waals surface area (Å²) in [6, 6.07) is 8.20. The molecule has 0 bridgehead atoms. The van der Waals surface area contributed by atoms with E-state index in [2.05, 4.69) is 33.4 Å². The third kappa shape index (κ3) is 2.27. The Kier molecular flexibility index (Phi) is 3.68. The predicted octanol–water partition coefficient (Wildman–Crippen LogP) is 3.79. The molecule has 0 fully saturated rings. The van der Waals surface area contributed by atoms with Crippen molar-refractivity contribution in [3.8, 4) is 6.07 Å². The lowest BCUT2D eigenvalue weighted by molar-refractivity contribution is 0.856. The van der Waals surface area contributed by atoms with Crippen molar-refractivity contribution < 1.29 is 0 Å². The molecule has 0 aliphatic rings. The summed E-state index contributed by atoms with van der Waals surface area (Å²) in [4.78, 5) is 0. The highest BCUT2D eigenvalue weighted by Gasteiger charge is 2.13. The molecular weight excluding hydrogens is 182 g/mol. The molecule has 0 saturated carbocycles. The lowest BCUT2D eigenvalue weighted by Gasteiger charge is -2.14. The SMILES string of the molecule is [CH2]C(C=C)c1cccc(C(C)C)c1C#N. The molecule has 1 atom stereocenters. The van der Waals surface area contributed by atoms with Gasteiger partial charge in [0.05, 0.1) is 11.6 Å². The normalized spacial score (nSPS) is 12.2. The Bertz CT molecular complexity index is 396. The van der Waals surface area contributed by atoms with Gasteiger partial charge in [-0.3, -0.25) is 0 Å². The van der Waals surface area contributed by atoms with E-state index in [1.807, 2.05) is 18.2 Å². The van der Waals surface area contributed by atoms with E-state index >= 15 is 0 Å². The highest BCUT2D eigenvalue weighted by Crippen LogP contribution is 2.27. The van der Waals surface area contributed by atoms with Gasteiger partial charge >= 0.3 is 0 Å². The van der Waals surface area contributed by atoms with Crippen molar-refractivity contribution >= 4 is 0 Å². The van der Waals surface area contributed by atoms with Crippen LogP contribution in [0.3, 0.4) is 0 Å². The molecule has 1 rings (SSSR count). The molecule has 1 aromatic rings. The zero-order valence-electron chi connectivity index (χ0n) is 9.33. The number of hydrogen-bond donors (Lipinski definition) is 0. The summed E-state index contributed by atoms with van der Waals surface area (Å²) in [5.41, 5.74) is 2.82. The van der Waals surface area contributed by atoms with Gasteiger partial charge in [-0.2, -0.15) is 5.26 Å². The quantitative estimate of drug-likeness (QED) is 0.678. The Labute approximate surface area is 92.1 Å². The Balaban J connectivity index is 3.36. The fraction of sp³-hybridized carbons (Fsp3) is 0.286. The molecule has 0 saturated heterocycles. The summed E-state index contributed by atoms with van der Waals surface area (Å²) in [5.74, 6) is 0.343. The molecule has 1 unspecified atom stereocenters. The second kappa shape index (κ2) is 4.79. The standard InChI is InChI=1S/C14H16N/c1-5-11(4)13-8-6-7-12(10(2)3)14(13)9-15/h5-8,10-11H,1,4H2,2-3H3. The first-order valence-corrected chi connectivity index (χ1v) is 5.10. The Hall–Kier alpha value is -1.55. The highest BCUT2D eigenvalue weighted by atomic mass is 14.3. The van der Waals surface area contributed by atoms with Gasteiger partial charge in [0.1, 0.15) is 0 Å². The molecule has 15 heavy (non-hydrogen) atoms. The molecule has 1 nitrogen and oxygen atoms in total. The van der Waals surface area contributed by atoms with Gasteiger partial charge in [-0.25, -0.2) is 0 Å². The lowest BCUT2D eigenvalue weighted by Crippen LogP contribution is -2.00. The van der Waals surface area contributed by atoms with Crippen LogP contribution in [0.25, 0.3) is 0 Å². The summed E-state index contributed by atoms with van der Waals surface area (Å²) < 4.78 is 0. The molecule has 1 heteroatoms. The van der Waals surface area contributed by atoms with Crippen molar-refractivity contribution in [3.05, 3.63) is 54.5 Å². The Morgan fingerprint density at radius 1 is 1.33 bits per heavy atom. The van der Waals surface area contributed by atoms with Gasteiger partial charge in [-0.1, -0.05) is 38.1 Å².